The molecule has 3 heteroatoms. The summed E-state index contributed by atoms with van der Waals surface area (Å²) in [6.45, 7) is 4.03. The molecule has 0 aromatic carbocycles. The van der Waals surface area contributed by atoms with Crippen LogP contribution in [0, 0.1) is 5.41 Å². The molecule has 1 N–H and O–H groups in total. The van der Waals surface area contributed by atoms with Gasteiger partial charge in [0.25, 0.3) is 0 Å². The Labute approximate surface area is 89.4 Å². The van der Waals surface area contributed by atoms with E-state index in [2.05, 4.69) is 27.9 Å². The van der Waals surface area contributed by atoms with Crippen LogP contribution in [0.2, 0.25) is 0 Å². The van der Waals surface area contributed by atoms with Crippen LogP contribution in [0.15, 0.2) is 0 Å². The van der Waals surface area contributed by atoms with E-state index in [4.69, 9.17) is 5.11 Å². The minimum Gasteiger partial charge on any atom is -0.393 e. The first-order valence-electron chi connectivity index (χ1n) is 5.00. The summed E-state index contributed by atoms with van der Waals surface area (Å²) in [5.74, 6) is 0. The lowest BCUT2D eigenvalue weighted by atomic mass is 10.1. The Hall–Kier alpha value is 0.400. The van der Waals surface area contributed by atoms with E-state index in [9.17, 15) is 0 Å². The second kappa shape index (κ2) is 4.76. The Morgan fingerprint density at radius 2 is 2.15 bits per heavy atom. The van der Waals surface area contributed by atoms with E-state index in [-0.39, 0.29) is 6.10 Å². The van der Waals surface area contributed by atoms with Crippen molar-refractivity contribution in [2.75, 3.05) is 25.5 Å². The largest absolute Gasteiger partial charge is 0.393 e. The molecule has 0 amide bonds. The van der Waals surface area contributed by atoms with Gasteiger partial charge in [-0.15, -0.1) is 0 Å². The number of nitrogens with zero attached hydrogens (tertiary/aromatic N) is 1. The first kappa shape index (κ1) is 11.5. The lowest BCUT2D eigenvalue weighted by Crippen LogP contribution is -2.29. The Morgan fingerprint density at radius 3 is 2.54 bits per heavy atom. The van der Waals surface area contributed by atoms with Crippen LogP contribution >= 0.6 is 15.9 Å². The van der Waals surface area contributed by atoms with Crippen molar-refractivity contribution in [3.63, 3.8) is 0 Å². The van der Waals surface area contributed by atoms with Gasteiger partial charge in [0, 0.05) is 18.4 Å². The topological polar surface area (TPSA) is 23.5 Å². The first-order chi connectivity index (χ1) is 6.08. The molecule has 0 aliphatic heterocycles. The maximum absolute atomic E-state index is 9.14. The molecule has 0 spiro atoms. The van der Waals surface area contributed by atoms with Crippen LogP contribution in [0.25, 0.3) is 0 Å². The van der Waals surface area contributed by atoms with Crippen molar-refractivity contribution >= 4 is 15.9 Å². The number of aliphatic hydroxyl groups is 1. The summed E-state index contributed by atoms with van der Waals surface area (Å²) in [6, 6.07) is 0. The lowest BCUT2D eigenvalue weighted by molar-refractivity contribution is 0.158. The van der Waals surface area contributed by atoms with Crippen molar-refractivity contribution in [2.24, 2.45) is 5.41 Å². The van der Waals surface area contributed by atoms with Crippen LogP contribution in [-0.2, 0) is 0 Å². The fourth-order valence-electron chi connectivity index (χ4n) is 1.57. The van der Waals surface area contributed by atoms with Crippen LogP contribution < -0.4 is 0 Å². The summed E-state index contributed by atoms with van der Waals surface area (Å²) in [7, 11) is 2.14. The van der Waals surface area contributed by atoms with E-state index in [0.717, 1.165) is 18.3 Å². The zero-order chi connectivity index (χ0) is 9.90. The Balaban J connectivity index is 2.14. The van der Waals surface area contributed by atoms with Gasteiger partial charge in [0.15, 0.2) is 0 Å². The molecular weight excluding hydrogens is 230 g/mol. The molecule has 1 atom stereocenters. The highest BCUT2D eigenvalue weighted by molar-refractivity contribution is 9.09. The van der Waals surface area contributed by atoms with Gasteiger partial charge in [-0.25, -0.2) is 0 Å². The highest BCUT2D eigenvalue weighted by atomic mass is 79.9. The fraction of sp³-hybridized carbons (Fsp3) is 1.00. The van der Waals surface area contributed by atoms with Crippen LogP contribution in [0.4, 0.5) is 0 Å². The molecule has 1 saturated carbocycles. The Morgan fingerprint density at radius 1 is 1.54 bits per heavy atom. The molecule has 2 nitrogen and oxygen atoms in total. The molecule has 0 saturated heterocycles. The van der Waals surface area contributed by atoms with Gasteiger partial charge in [0.2, 0.25) is 0 Å². The molecule has 78 valence electrons. The van der Waals surface area contributed by atoms with Gasteiger partial charge in [-0.05, 0) is 38.6 Å². The maximum atomic E-state index is 9.14. The summed E-state index contributed by atoms with van der Waals surface area (Å²) >= 11 is 3.57. The van der Waals surface area contributed by atoms with E-state index >= 15 is 0 Å². The van der Waals surface area contributed by atoms with Gasteiger partial charge in [-0.3, -0.25) is 0 Å². The molecule has 13 heavy (non-hydrogen) atoms. The van der Waals surface area contributed by atoms with Crippen molar-refractivity contribution < 1.29 is 5.11 Å². The van der Waals surface area contributed by atoms with Gasteiger partial charge in [0.05, 0.1) is 6.10 Å². The highest BCUT2D eigenvalue weighted by Crippen LogP contribution is 2.47. The molecular formula is C10H20BrNO. The predicted octanol–water partition coefficient (Wildman–Crippen LogP) is 1.86. The second-order valence-electron chi connectivity index (χ2n) is 4.51. The number of aliphatic hydroxyl groups excluding tert-OH is 1. The fourth-order valence-corrected chi connectivity index (χ4v) is 2.31. The molecule has 1 unspecified atom stereocenters. The van der Waals surface area contributed by atoms with E-state index in [1.54, 1.807) is 0 Å². The normalized spacial score (nSPS) is 21.9. The van der Waals surface area contributed by atoms with E-state index in [0.29, 0.717) is 5.41 Å². The van der Waals surface area contributed by atoms with Crippen molar-refractivity contribution in [3.05, 3.63) is 0 Å². The summed E-state index contributed by atoms with van der Waals surface area (Å²) in [5, 5.41) is 10.3. The number of alkyl halides is 1. The maximum Gasteiger partial charge on any atom is 0.0524 e. The van der Waals surface area contributed by atoms with Crippen LogP contribution in [0.1, 0.15) is 26.2 Å². The zero-order valence-electron chi connectivity index (χ0n) is 8.59. The Kier molecular flexibility index (Phi) is 4.20. The third-order valence-electron chi connectivity index (χ3n) is 2.77. The van der Waals surface area contributed by atoms with E-state index in [1.807, 2.05) is 6.92 Å². The summed E-state index contributed by atoms with van der Waals surface area (Å²) in [5.41, 5.74) is 0.563. The van der Waals surface area contributed by atoms with Crippen molar-refractivity contribution in [3.8, 4) is 0 Å². The molecule has 0 radical (unpaired) electrons. The molecule has 1 aliphatic carbocycles. The van der Waals surface area contributed by atoms with E-state index < -0.39 is 0 Å². The minimum absolute atomic E-state index is 0.165. The zero-order valence-corrected chi connectivity index (χ0v) is 10.2. The monoisotopic (exact) mass is 249 g/mol. The molecule has 0 aromatic rings. The third-order valence-corrected chi connectivity index (χ3v) is 3.96. The van der Waals surface area contributed by atoms with Crippen LogP contribution in [0.5, 0.6) is 0 Å². The number of halogens is 1. The van der Waals surface area contributed by atoms with Crippen molar-refractivity contribution in [2.45, 2.75) is 32.3 Å². The molecule has 0 heterocycles. The second-order valence-corrected chi connectivity index (χ2v) is 5.07. The third kappa shape index (κ3) is 3.96. The van der Waals surface area contributed by atoms with Gasteiger partial charge < -0.3 is 10.0 Å². The average Bonchev–Trinajstić information content (AvgIpc) is 2.82. The summed E-state index contributed by atoms with van der Waals surface area (Å²) < 4.78 is 0. The quantitative estimate of drug-likeness (QED) is 0.727. The van der Waals surface area contributed by atoms with Crippen molar-refractivity contribution in [1.82, 2.24) is 4.90 Å². The number of hydrogen-bond donors (Lipinski definition) is 1. The molecule has 0 bridgehead atoms. The molecule has 1 aliphatic rings. The van der Waals surface area contributed by atoms with Gasteiger partial charge in [0.1, 0.15) is 0 Å². The molecule has 1 rings (SSSR count). The lowest BCUT2D eigenvalue weighted by Gasteiger charge is -2.22. The smallest absolute Gasteiger partial charge is 0.0524 e. The predicted molar refractivity (Wildman–Crippen MR) is 59.3 cm³/mol. The molecule has 0 aromatic heterocycles. The van der Waals surface area contributed by atoms with Gasteiger partial charge in [-0.1, -0.05) is 15.9 Å². The highest BCUT2D eigenvalue weighted by Gasteiger charge is 2.41. The Bertz CT molecular complexity index is 157. The standard InChI is InChI=1S/C10H20BrNO/c1-9(13)3-6-12(2)8-10(7-11)4-5-10/h9,13H,3-8H2,1-2H3. The van der Waals surface area contributed by atoms with E-state index in [1.165, 1.54) is 19.4 Å². The van der Waals surface area contributed by atoms with Gasteiger partial charge in [-0.2, -0.15) is 0 Å². The van der Waals surface area contributed by atoms with Crippen LogP contribution in [-0.4, -0.2) is 41.6 Å². The average molecular weight is 250 g/mol. The van der Waals surface area contributed by atoms with Crippen molar-refractivity contribution in [1.29, 1.82) is 0 Å². The first-order valence-corrected chi connectivity index (χ1v) is 6.13. The SMILES string of the molecule is CC(O)CCN(C)CC1(CBr)CC1. The number of hydrogen-bond acceptors (Lipinski definition) is 2. The van der Waals surface area contributed by atoms with Crippen LogP contribution in [0.3, 0.4) is 0 Å². The summed E-state index contributed by atoms with van der Waals surface area (Å²) in [4.78, 5) is 2.33. The van der Waals surface area contributed by atoms with Gasteiger partial charge >= 0.3 is 0 Å². The number of rotatable bonds is 6. The molecule has 1 fully saturated rings. The minimum atomic E-state index is -0.165. The summed E-state index contributed by atoms with van der Waals surface area (Å²) in [6.07, 6.45) is 3.44.